The number of allylic oxidation sites excluding steroid dienone is 3. The smallest absolute Gasteiger partial charge is 0.311 e. The lowest BCUT2D eigenvalue weighted by molar-refractivity contribution is -0.147. The molecule has 0 aromatic heterocycles. The Balaban J connectivity index is 1.62. The van der Waals surface area contributed by atoms with Crippen molar-refractivity contribution in [3.05, 3.63) is 23.3 Å². The zero-order chi connectivity index (χ0) is 17.7. The van der Waals surface area contributed by atoms with E-state index in [2.05, 4.69) is 39.8 Å². The first-order valence-corrected chi connectivity index (χ1v) is 9.17. The number of epoxide rings is 1. The topological polar surface area (TPSA) is 59.1 Å². The quantitative estimate of drug-likeness (QED) is 0.367. The second-order valence-corrected chi connectivity index (χ2v) is 7.85. The summed E-state index contributed by atoms with van der Waals surface area (Å²) in [6.45, 7) is 8.52. The van der Waals surface area contributed by atoms with Crippen molar-refractivity contribution in [1.82, 2.24) is 0 Å². The third kappa shape index (κ3) is 5.75. The van der Waals surface area contributed by atoms with Crippen LogP contribution in [-0.4, -0.2) is 29.1 Å². The highest BCUT2D eigenvalue weighted by Gasteiger charge is 2.65. The molecular formula is C20H32O4. The molecule has 0 bridgehead atoms. The van der Waals surface area contributed by atoms with Gasteiger partial charge in [0.2, 0.25) is 6.29 Å². The second kappa shape index (κ2) is 8.30. The molecule has 0 aromatic rings. The summed E-state index contributed by atoms with van der Waals surface area (Å²) in [7, 11) is 0. The predicted molar refractivity (Wildman–Crippen MR) is 94.4 cm³/mol. The molecule has 136 valence electrons. The highest BCUT2D eigenvalue weighted by atomic mass is 16.8. The maximum Gasteiger partial charge on any atom is 0.311 e. The van der Waals surface area contributed by atoms with Crippen molar-refractivity contribution in [2.45, 2.75) is 90.6 Å². The lowest BCUT2D eigenvalue weighted by Gasteiger charge is -2.13. The maximum atomic E-state index is 11.2. The van der Waals surface area contributed by atoms with Crippen molar-refractivity contribution in [3.63, 3.8) is 0 Å². The van der Waals surface area contributed by atoms with E-state index in [-0.39, 0.29) is 24.0 Å². The van der Waals surface area contributed by atoms with Gasteiger partial charge in [-0.05, 0) is 58.3 Å². The van der Waals surface area contributed by atoms with Crippen LogP contribution in [-0.2, 0) is 14.3 Å². The summed E-state index contributed by atoms with van der Waals surface area (Å²) in [4.78, 5) is 11.2. The van der Waals surface area contributed by atoms with Crippen molar-refractivity contribution >= 4 is 5.97 Å². The third-order valence-corrected chi connectivity index (χ3v) is 4.79. The Morgan fingerprint density at radius 1 is 1.29 bits per heavy atom. The van der Waals surface area contributed by atoms with E-state index in [4.69, 9.17) is 9.47 Å². The van der Waals surface area contributed by atoms with Crippen LogP contribution in [0.15, 0.2) is 23.3 Å². The van der Waals surface area contributed by atoms with Crippen molar-refractivity contribution in [2.24, 2.45) is 5.92 Å². The molecular weight excluding hydrogens is 304 g/mol. The zero-order valence-corrected chi connectivity index (χ0v) is 15.5. The second-order valence-electron chi connectivity index (χ2n) is 7.85. The van der Waals surface area contributed by atoms with E-state index in [0.717, 1.165) is 38.5 Å². The summed E-state index contributed by atoms with van der Waals surface area (Å²) in [5.74, 6) is 0.403. The number of esters is 1. The summed E-state index contributed by atoms with van der Waals surface area (Å²) in [6.07, 6.45) is 9.85. The number of rotatable bonds is 10. The lowest BCUT2D eigenvalue weighted by Crippen LogP contribution is -2.10. The van der Waals surface area contributed by atoms with Gasteiger partial charge in [-0.2, -0.15) is 0 Å². The van der Waals surface area contributed by atoms with E-state index in [1.54, 1.807) is 0 Å². The van der Waals surface area contributed by atoms with Gasteiger partial charge in [-0.1, -0.05) is 37.1 Å². The van der Waals surface area contributed by atoms with Crippen LogP contribution in [0.4, 0.5) is 0 Å². The largest absolute Gasteiger partial charge is 0.432 e. The minimum Gasteiger partial charge on any atom is -0.432 e. The molecule has 2 aliphatic heterocycles. The van der Waals surface area contributed by atoms with Gasteiger partial charge in [-0.15, -0.1) is 0 Å². The Kier molecular flexibility index (Phi) is 6.64. The van der Waals surface area contributed by atoms with Crippen molar-refractivity contribution < 1.29 is 19.4 Å². The predicted octanol–water partition coefficient (Wildman–Crippen LogP) is 4.28. The highest BCUT2D eigenvalue weighted by molar-refractivity contribution is 5.74. The first-order valence-electron chi connectivity index (χ1n) is 9.17. The van der Waals surface area contributed by atoms with Crippen LogP contribution in [0, 0.1) is 5.92 Å². The van der Waals surface area contributed by atoms with Gasteiger partial charge in [-0.25, -0.2) is 0 Å². The fourth-order valence-electron chi connectivity index (χ4n) is 3.40. The van der Waals surface area contributed by atoms with E-state index in [1.807, 2.05) is 0 Å². The van der Waals surface area contributed by atoms with Gasteiger partial charge in [-0.3, -0.25) is 4.79 Å². The number of carbonyl (C=O) groups excluding carboxylic acids is 1. The number of ether oxygens (including phenoxy) is 2. The van der Waals surface area contributed by atoms with E-state index in [9.17, 15) is 9.90 Å². The fourth-order valence-corrected chi connectivity index (χ4v) is 3.40. The van der Waals surface area contributed by atoms with Crippen molar-refractivity contribution in [1.29, 1.82) is 0 Å². The number of hydrogen-bond acceptors (Lipinski definition) is 4. The molecule has 1 N–H and O–H groups in total. The molecule has 2 saturated heterocycles. The Bertz CT molecular complexity index is 506. The molecule has 2 fully saturated rings. The van der Waals surface area contributed by atoms with Gasteiger partial charge in [0.1, 0.15) is 5.60 Å². The van der Waals surface area contributed by atoms with Crippen LogP contribution in [0.25, 0.3) is 0 Å². The molecule has 3 unspecified atom stereocenters. The van der Waals surface area contributed by atoms with Crippen LogP contribution < -0.4 is 0 Å². The van der Waals surface area contributed by atoms with E-state index >= 15 is 0 Å². The molecule has 0 spiro atoms. The SMILES string of the molecule is CC(=CCCC12CC(=O)OC1O2)CCC=C(C)CC(O)CC(C)C. The Morgan fingerprint density at radius 2 is 2.00 bits per heavy atom. The number of aliphatic hydroxyl groups is 1. The molecule has 2 aliphatic rings. The molecule has 2 heterocycles. The number of hydrogen-bond donors (Lipinski definition) is 1. The molecule has 0 radical (unpaired) electrons. The summed E-state index contributed by atoms with van der Waals surface area (Å²) < 4.78 is 10.5. The molecule has 0 aromatic carbocycles. The highest BCUT2D eigenvalue weighted by Crippen LogP contribution is 2.49. The number of fused-ring (bicyclic) bond motifs is 1. The van der Waals surface area contributed by atoms with E-state index in [1.165, 1.54) is 11.1 Å². The number of aliphatic hydroxyl groups excluding tert-OH is 1. The molecule has 0 saturated carbocycles. The fraction of sp³-hybridized carbons (Fsp3) is 0.750. The van der Waals surface area contributed by atoms with Crippen LogP contribution in [0.1, 0.15) is 72.6 Å². The molecule has 24 heavy (non-hydrogen) atoms. The molecule has 0 aliphatic carbocycles. The van der Waals surface area contributed by atoms with Crippen LogP contribution >= 0.6 is 0 Å². The minimum atomic E-state index is -0.309. The van der Waals surface area contributed by atoms with Crippen molar-refractivity contribution in [3.8, 4) is 0 Å². The summed E-state index contributed by atoms with van der Waals surface area (Å²) >= 11 is 0. The van der Waals surface area contributed by atoms with Gasteiger partial charge in [0.15, 0.2) is 0 Å². The average Bonchev–Trinajstić information content (AvgIpc) is 2.99. The van der Waals surface area contributed by atoms with E-state index in [0.29, 0.717) is 12.3 Å². The average molecular weight is 336 g/mol. The lowest BCUT2D eigenvalue weighted by atomic mass is 9.98. The summed E-state index contributed by atoms with van der Waals surface area (Å²) in [5.41, 5.74) is 2.32. The van der Waals surface area contributed by atoms with Gasteiger partial charge < -0.3 is 14.6 Å². The Labute approximate surface area is 145 Å². The third-order valence-electron chi connectivity index (χ3n) is 4.79. The van der Waals surface area contributed by atoms with Gasteiger partial charge in [0.05, 0.1) is 12.5 Å². The molecule has 2 rings (SSSR count). The van der Waals surface area contributed by atoms with Gasteiger partial charge in [0, 0.05) is 0 Å². The summed E-state index contributed by atoms with van der Waals surface area (Å²) in [5, 5.41) is 9.97. The van der Waals surface area contributed by atoms with Crippen LogP contribution in [0.5, 0.6) is 0 Å². The minimum absolute atomic E-state index is 0.132. The van der Waals surface area contributed by atoms with Gasteiger partial charge in [0.25, 0.3) is 0 Å². The van der Waals surface area contributed by atoms with E-state index < -0.39 is 0 Å². The Morgan fingerprint density at radius 3 is 2.62 bits per heavy atom. The van der Waals surface area contributed by atoms with Crippen LogP contribution in [0.2, 0.25) is 0 Å². The first-order chi connectivity index (χ1) is 11.3. The first kappa shape index (κ1) is 19.2. The summed E-state index contributed by atoms with van der Waals surface area (Å²) in [6, 6.07) is 0. The molecule has 3 atom stereocenters. The number of carbonyl (C=O) groups is 1. The maximum absolute atomic E-state index is 11.2. The van der Waals surface area contributed by atoms with Gasteiger partial charge >= 0.3 is 5.97 Å². The normalized spacial score (nSPS) is 28.1. The molecule has 4 heteroatoms. The Hall–Kier alpha value is -1.13. The molecule has 0 amide bonds. The van der Waals surface area contributed by atoms with Crippen molar-refractivity contribution in [2.75, 3.05) is 0 Å². The van der Waals surface area contributed by atoms with Crippen LogP contribution in [0.3, 0.4) is 0 Å². The monoisotopic (exact) mass is 336 g/mol. The molecule has 4 nitrogen and oxygen atoms in total. The zero-order valence-electron chi connectivity index (χ0n) is 15.5. The standard InChI is InChI=1S/C20H32O4/c1-14(2)11-17(21)12-16(4)8-5-7-15(3)9-6-10-20-13-18(22)23-19(20)24-20/h8-9,14,17,19,21H,5-7,10-13H2,1-4H3.